The first-order chi connectivity index (χ1) is 11.7. The molecule has 3 aromatic rings. The van der Waals surface area contributed by atoms with Crippen LogP contribution in [0.25, 0.3) is 11.0 Å². The number of fused-ring (bicyclic) bond motifs is 1. The van der Waals surface area contributed by atoms with Crippen molar-refractivity contribution >= 4 is 34.4 Å². The van der Waals surface area contributed by atoms with E-state index in [1.54, 1.807) is 29.1 Å². The SMILES string of the molecule is CCN(C(=O)Cn1c(CSC)nc2ccccc21)c1cccnc1. The average molecular weight is 340 g/mol. The van der Waals surface area contributed by atoms with E-state index < -0.39 is 0 Å². The summed E-state index contributed by atoms with van der Waals surface area (Å²) in [5.41, 5.74) is 2.75. The zero-order chi connectivity index (χ0) is 16.9. The van der Waals surface area contributed by atoms with Crippen molar-refractivity contribution in [3.05, 3.63) is 54.6 Å². The maximum absolute atomic E-state index is 12.9. The average Bonchev–Trinajstić information content (AvgIpc) is 2.94. The number of hydrogen-bond acceptors (Lipinski definition) is 4. The number of aromatic nitrogens is 3. The summed E-state index contributed by atoms with van der Waals surface area (Å²) >= 11 is 1.70. The van der Waals surface area contributed by atoms with E-state index in [0.717, 1.165) is 28.3 Å². The largest absolute Gasteiger partial charge is 0.318 e. The molecule has 2 heterocycles. The molecule has 0 spiro atoms. The van der Waals surface area contributed by atoms with Gasteiger partial charge in [-0.25, -0.2) is 4.98 Å². The smallest absolute Gasteiger partial charge is 0.247 e. The monoisotopic (exact) mass is 340 g/mol. The van der Waals surface area contributed by atoms with Crippen molar-refractivity contribution in [2.24, 2.45) is 0 Å². The maximum atomic E-state index is 12.9. The van der Waals surface area contributed by atoms with Gasteiger partial charge in [-0.15, -0.1) is 0 Å². The van der Waals surface area contributed by atoms with E-state index >= 15 is 0 Å². The predicted molar refractivity (Wildman–Crippen MR) is 99.2 cm³/mol. The molecule has 0 saturated carbocycles. The van der Waals surface area contributed by atoms with Crippen LogP contribution >= 0.6 is 11.8 Å². The molecule has 6 heteroatoms. The highest BCUT2D eigenvalue weighted by molar-refractivity contribution is 7.97. The second kappa shape index (κ2) is 7.49. The Morgan fingerprint density at radius 3 is 2.79 bits per heavy atom. The minimum Gasteiger partial charge on any atom is -0.318 e. The number of rotatable bonds is 6. The molecule has 0 saturated heterocycles. The molecule has 24 heavy (non-hydrogen) atoms. The van der Waals surface area contributed by atoms with E-state index in [2.05, 4.69) is 9.97 Å². The lowest BCUT2D eigenvalue weighted by Gasteiger charge is -2.21. The molecule has 124 valence electrons. The summed E-state index contributed by atoms with van der Waals surface area (Å²) in [6, 6.07) is 11.7. The van der Waals surface area contributed by atoms with Crippen molar-refractivity contribution in [3.8, 4) is 0 Å². The van der Waals surface area contributed by atoms with Crippen LogP contribution < -0.4 is 4.90 Å². The van der Waals surface area contributed by atoms with Gasteiger partial charge in [0.1, 0.15) is 12.4 Å². The highest BCUT2D eigenvalue weighted by atomic mass is 32.2. The Hall–Kier alpha value is -2.34. The number of benzene rings is 1. The van der Waals surface area contributed by atoms with E-state index in [1.807, 2.05) is 54.1 Å². The summed E-state index contributed by atoms with van der Waals surface area (Å²) in [4.78, 5) is 23.4. The molecule has 0 unspecified atom stereocenters. The van der Waals surface area contributed by atoms with Crippen molar-refractivity contribution in [1.29, 1.82) is 0 Å². The molecule has 0 aliphatic heterocycles. The zero-order valence-electron chi connectivity index (χ0n) is 13.8. The van der Waals surface area contributed by atoms with Gasteiger partial charge in [0, 0.05) is 12.7 Å². The van der Waals surface area contributed by atoms with Crippen molar-refractivity contribution in [3.63, 3.8) is 0 Å². The maximum Gasteiger partial charge on any atom is 0.247 e. The molecule has 0 aliphatic rings. The number of hydrogen-bond donors (Lipinski definition) is 0. The summed E-state index contributed by atoms with van der Waals surface area (Å²) in [6.07, 6.45) is 5.47. The van der Waals surface area contributed by atoms with Gasteiger partial charge >= 0.3 is 0 Å². The van der Waals surface area contributed by atoms with Crippen LogP contribution in [0.4, 0.5) is 5.69 Å². The van der Waals surface area contributed by atoms with Gasteiger partial charge in [-0.1, -0.05) is 12.1 Å². The third-order valence-corrected chi connectivity index (χ3v) is 4.42. The third kappa shape index (κ3) is 3.28. The topological polar surface area (TPSA) is 51.0 Å². The molecular formula is C18H20N4OS. The Balaban J connectivity index is 1.93. The van der Waals surface area contributed by atoms with E-state index in [4.69, 9.17) is 0 Å². The molecule has 2 aromatic heterocycles. The van der Waals surface area contributed by atoms with Gasteiger partial charge in [0.05, 0.1) is 28.7 Å². The number of nitrogens with zero attached hydrogens (tertiary/aromatic N) is 4. The van der Waals surface area contributed by atoms with Crippen molar-refractivity contribution in [2.75, 3.05) is 17.7 Å². The van der Waals surface area contributed by atoms with Gasteiger partial charge in [-0.05, 0) is 37.4 Å². The van der Waals surface area contributed by atoms with Crippen LogP contribution in [0.1, 0.15) is 12.7 Å². The summed E-state index contributed by atoms with van der Waals surface area (Å²) in [5.74, 6) is 1.75. The number of anilines is 1. The number of carbonyl (C=O) groups is 1. The number of para-hydroxylation sites is 2. The highest BCUT2D eigenvalue weighted by Gasteiger charge is 2.18. The summed E-state index contributed by atoms with van der Waals surface area (Å²) in [6.45, 7) is 2.86. The first-order valence-electron chi connectivity index (χ1n) is 7.88. The van der Waals surface area contributed by atoms with Crippen LogP contribution in [0.5, 0.6) is 0 Å². The Morgan fingerprint density at radius 1 is 1.25 bits per heavy atom. The lowest BCUT2D eigenvalue weighted by molar-refractivity contribution is -0.119. The van der Waals surface area contributed by atoms with Crippen molar-refractivity contribution < 1.29 is 4.79 Å². The number of likely N-dealkylation sites (N-methyl/N-ethyl adjacent to an activating group) is 1. The van der Waals surface area contributed by atoms with Crippen molar-refractivity contribution in [2.45, 2.75) is 19.2 Å². The summed E-state index contributed by atoms with van der Waals surface area (Å²) in [7, 11) is 0. The second-order valence-corrected chi connectivity index (χ2v) is 6.25. The van der Waals surface area contributed by atoms with Crippen LogP contribution in [0.2, 0.25) is 0 Å². The minimum absolute atomic E-state index is 0.0380. The Labute approximate surface area is 145 Å². The van der Waals surface area contributed by atoms with Gasteiger partial charge in [-0.2, -0.15) is 11.8 Å². The molecule has 0 radical (unpaired) electrons. The number of thioether (sulfide) groups is 1. The lowest BCUT2D eigenvalue weighted by atomic mass is 10.3. The minimum atomic E-state index is 0.0380. The zero-order valence-corrected chi connectivity index (χ0v) is 14.7. The molecule has 0 atom stereocenters. The molecule has 5 nitrogen and oxygen atoms in total. The third-order valence-electron chi connectivity index (χ3n) is 3.88. The summed E-state index contributed by atoms with van der Waals surface area (Å²) in [5, 5.41) is 0. The quantitative estimate of drug-likeness (QED) is 0.690. The number of pyridine rings is 1. The Kier molecular flexibility index (Phi) is 5.15. The number of imidazole rings is 1. The van der Waals surface area contributed by atoms with E-state index in [1.165, 1.54) is 0 Å². The molecule has 0 fully saturated rings. The Bertz CT molecular complexity index is 831. The fourth-order valence-corrected chi connectivity index (χ4v) is 3.26. The van der Waals surface area contributed by atoms with Gasteiger partial charge in [0.25, 0.3) is 0 Å². The first-order valence-corrected chi connectivity index (χ1v) is 9.27. The van der Waals surface area contributed by atoms with Crippen LogP contribution in [-0.2, 0) is 17.1 Å². The van der Waals surface area contributed by atoms with E-state index in [-0.39, 0.29) is 12.5 Å². The molecule has 0 aliphatic carbocycles. The normalized spacial score (nSPS) is 10.9. The molecule has 3 rings (SSSR count). The Morgan fingerprint density at radius 2 is 2.08 bits per heavy atom. The number of amides is 1. The van der Waals surface area contributed by atoms with Crippen LogP contribution in [-0.4, -0.2) is 33.2 Å². The second-order valence-electron chi connectivity index (χ2n) is 5.39. The van der Waals surface area contributed by atoms with E-state index in [9.17, 15) is 4.79 Å². The van der Waals surface area contributed by atoms with Crippen LogP contribution in [0.15, 0.2) is 48.8 Å². The molecule has 1 amide bonds. The highest BCUT2D eigenvalue weighted by Crippen LogP contribution is 2.20. The fraction of sp³-hybridized carbons (Fsp3) is 0.278. The standard InChI is InChI=1S/C18H20N4OS/c1-3-21(14-7-6-10-19-11-14)18(23)12-22-16-9-5-4-8-15(16)20-17(22)13-24-2/h4-11H,3,12-13H2,1-2H3. The fourth-order valence-electron chi connectivity index (χ4n) is 2.78. The van der Waals surface area contributed by atoms with Gasteiger partial charge in [0.15, 0.2) is 0 Å². The lowest BCUT2D eigenvalue weighted by Crippen LogP contribution is -2.34. The van der Waals surface area contributed by atoms with Gasteiger partial charge < -0.3 is 9.47 Å². The number of carbonyl (C=O) groups excluding carboxylic acids is 1. The molecule has 0 bridgehead atoms. The van der Waals surface area contributed by atoms with Crippen LogP contribution in [0.3, 0.4) is 0 Å². The molecule has 0 N–H and O–H groups in total. The molecule has 1 aromatic carbocycles. The molecular weight excluding hydrogens is 320 g/mol. The van der Waals surface area contributed by atoms with E-state index in [0.29, 0.717) is 6.54 Å². The van der Waals surface area contributed by atoms with Gasteiger partial charge in [0.2, 0.25) is 5.91 Å². The van der Waals surface area contributed by atoms with Crippen molar-refractivity contribution in [1.82, 2.24) is 14.5 Å². The summed E-state index contributed by atoms with van der Waals surface area (Å²) < 4.78 is 2.02. The van der Waals surface area contributed by atoms with Crippen LogP contribution in [0, 0.1) is 0 Å². The van der Waals surface area contributed by atoms with Gasteiger partial charge in [-0.3, -0.25) is 9.78 Å². The first kappa shape index (κ1) is 16.5. The predicted octanol–water partition coefficient (Wildman–Crippen LogP) is 3.35.